The Morgan fingerprint density at radius 2 is 0.806 bits per heavy atom. The van der Waals surface area contributed by atoms with Crippen LogP contribution >= 0.6 is 0 Å². The van der Waals surface area contributed by atoms with E-state index in [9.17, 15) is 19.5 Å². The smallest absolute Gasteiger partial charge is 0.361 e. The van der Waals surface area contributed by atoms with E-state index in [2.05, 4.69) is 38.2 Å². The van der Waals surface area contributed by atoms with Gasteiger partial charge in [-0.25, -0.2) is 4.79 Å². The van der Waals surface area contributed by atoms with E-state index < -0.39 is 24.3 Å². The molecule has 2 unspecified atom stereocenters. The highest BCUT2D eigenvalue weighted by Gasteiger charge is 2.25. The Labute approximate surface area is 414 Å². The second-order valence-electron chi connectivity index (χ2n) is 20.6. The molecule has 0 spiro atoms. The number of esters is 2. The van der Waals surface area contributed by atoms with Crippen molar-refractivity contribution in [3.63, 3.8) is 0 Å². The molecule has 0 rings (SSSR count). The molecular formula is C58H110NO8+. The Morgan fingerprint density at radius 3 is 1.21 bits per heavy atom. The van der Waals surface area contributed by atoms with Gasteiger partial charge in [0.1, 0.15) is 13.2 Å². The maximum absolute atomic E-state index is 12.8. The van der Waals surface area contributed by atoms with Crippen LogP contribution in [0, 0.1) is 0 Å². The van der Waals surface area contributed by atoms with E-state index in [-0.39, 0.29) is 32.2 Å². The molecule has 0 aromatic rings. The summed E-state index contributed by atoms with van der Waals surface area (Å²) in [6.07, 6.45) is 55.3. The summed E-state index contributed by atoms with van der Waals surface area (Å²) in [4.78, 5) is 37.4. The van der Waals surface area contributed by atoms with E-state index in [1.54, 1.807) is 0 Å². The third-order valence-corrected chi connectivity index (χ3v) is 12.7. The Balaban J connectivity index is 4.22. The van der Waals surface area contributed by atoms with Gasteiger partial charge in [-0.1, -0.05) is 237 Å². The largest absolute Gasteiger partial charge is 0.477 e. The second-order valence-corrected chi connectivity index (χ2v) is 20.6. The molecule has 1 N–H and O–H groups in total. The van der Waals surface area contributed by atoms with Crippen molar-refractivity contribution in [2.45, 2.75) is 283 Å². The van der Waals surface area contributed by atoms with Crippen molar-refractivity contribution in [1.82, 2.24) is 0 Å². The number of ether oxygens (including phenoxy) is 4. The monoisotopic (exact) mass is 949 g/mol. The molecule has 0 heterocycles. The predicted octanol–water partition coefficient (Wildman–Crippen LogP) is 16.3. The molecule has 0 saturated heterocycles. The highest BCUT2D eigenvalue weighted by Crippen LogP contribution is 2.17. The van der Waals surface area contributed by atoms with Crippen molar-refractivity contribution in [1.29, 1.82) is 0 Å². The molecule has 0 saturated carbocycles. The number of carbonyl (C=O) groups is 3. The molecule has 0 aliphatic rings. The van der Waals surface area contributed by atoms with Crippen LogP contribution in [0.3, 0.4) is 0 Å². The summed E-state index contributed by atoms with van der Waals surface area (Å²) in [5.74, 6) is -1.99. The van der Waals surface area contributed by atoms with Gasteiger partial charge in [-0.15, -0.1) is 0 Å². The van der Waals surface area contributed by atoms with Gasteiger partial charge < -0.3 is 28.5 Å². The van der Waals surface area contributed by atoms with Crippen molar-refractivity contribution in [3.05, 3.63) is 24.3 Å². The van der Waals surface area contributed by atoms with Gasteiger partial charge in [0.25, 0.3) is 6.29 Å². The van der Waals surface area contributed by atoms with Crippen molar-refractivity contribution in [2.75, 3.05) is 47.5 Å². The number of carboxylic acid groups (broad SMARTS) is 1. The molecule has 0 fully saturated rings. The molecule has 0 aromatic heterocycles. The first-order chi connectivity index (χ1) is 32.6. The lowest BCUT2D eigenvalue weighted by molar-refractivity contribution is -0.870. The Bertz CT molecular complexity index is 1150. The quantitative estimate of drug-likeness (QED) is 0.0211. The van der Waals surface area contributed by atoms with E-state index in [4.69, 9.17) is 18.9 Å². The first-order valence-corrected chi connectivity index (χ1v) is 28.5. The summed E-state index contributed by atoms with van der Waals surface area (Å²) >= 11 is 0. The van der Waals surface area contributed by atoms with Gasteiger partial charge in [-0.05, 0) is 44.9 Å². The minimum Gasteiger partial charge on any atom is -0.477 e. The molecular weight excluding hydrogens is 839 g/mol. The van der Waals surface area contributed by atoms with Crippen LogP contribution < -0.4 is 0 Å². The van der Waals surface area contributed by atoms with Crippen molar-refractivity contribution in [3.8, 4) is 0 Å². The lowest BCUT2D eigenvalue weighted by Gasteiger charge is -2.25. The van der Waals surface area contributed by atoms with Gasteiger partial charge >= 0.3 is 17.9 Å². The molecule has 0 amide bonds. The highest BCUT2D eigenvalue weighted by molar-refractivity contribution is 5.71. The van der Waals surface area contributed by atoms with Crippen LogP contribution in [0.4, 0.5) is 0 Å². The standard InChI is InChI=1S/C58H109NO8/c1-6-8-10-12-14-16-18-20-22-24-26-27-28-29-31-32-34-36-38-40-42-44-46-48-55(60)65-52-54(53-66-58(57(62)63)64-51-50-59(3,4)5)67-56(61)49-47-45-43-41-39-37-35-33-30-25-23-21-19-17-15-13-11-9-7-2/h15,17,21,23,54,58H,6-14,16,18-20,22,24-53H2,1-5H3/p+1/b17-15-,23-21-. The first kappa shape index (κ1) is 64.8. The number of aliphatic carboxylic acids is 1. The number of rotatable bonds is 53. The Hall–Kier alpha value is -2.23. The van der Waals surface area contributed by atoms with Gasteiger partial charge in [0.15, 0.2) is 6.10 Å². The minimum absolute atomic E-state index is 0.179. The fourth-order valence-electron chi connectivity index (χ4n) is 8.28. The van der Waals surface area contributed by atoms with Crippen LogP contribution in [0.15, 0.2) is 24.3 Å². The lowest BCUT2D eigenvalue weighted by Crippen LogP contribution is -2.40. The van der Waals surface area contributed by atoms with E-state index in [1.807, 2.05) is 21.1 Å². The summed E-state index contributed by atoms with van der Waals surface area (Å²) in [7, 11) is 5.97. The number of nitrogens with zero attached hydrogens (tertiary/aromatic N) is 1. The Kier molecular flexibility index (Phi) is 48.5. The van der Waals surface area contributed by atoms with Gasteiger partial charge in [-0.3, -0.25) is 9.59 Å². The van der Waals surface area contributed by atoms with E-state index in [0.29, 0.717) is 17.4 Å². The number of quaternary nitrogens is 1. The fourth-order valence-corrected chi connectivity index (χ4v) is 8.28. The highest BCUT2D eigenvalue weighted by atomic mass is 16.7. The van der Waals surface area contributed by atoms with Crippen molar-refractivity contribution in [2.24, 2.45) is 0 Å². The number of hydrogen-bond donors (Lipinski definition) is 1. The van der Waals surface area contributed by atoms with Gasteiger partial charge in [0.2, 0.25) is 0 Å². The van der Waals surface area contributed by atoms with E-state index >= 15 is 0 Å². The number of carbonyl (C=O) groups excluding carboxylic acids is 2. The summed E-state index contributed by atoms with van der Waals surface area (Å²) in [5, 5.41) is 9.69. The number of carboxylic acids is 1. The zero-order valence-electron chi connectivity index (χ0n) is 44.8. The Morgan fingerprint density at radius 1 is 0.448 bits per heavy atom. The SMILES string of the molecule is CCCCC/C=C\C/C=C\CCCCCCCCCCCC(=O)OC(COC(=O)CCCCCCCCCCCCCCCCCCCCCCCCC)COC(OCC[N+](C)(C)C)C(=O)O. The summed E-state index contributed by atoms with van der Waals surface area (Å²) in [5.41, 5.74) is 0. The van der Waals surface area contributed by atoms with Crippen LogP contribution in [-0.2, 0) is 33.3 Å². The molecule has 9 heteroatoms. The summed E-state index contributed by atoms with van der Waals surface area (Å²) in [6, 6.07) is 0. The van der Waals surface area contributed by atoms with E-state index in [1.165, 1.54) is 193 Å². The maximum atomic E-state index is 12.8. The van der Waals surface area contributed by atoms with Crippen LogP contribution in [0.2, 0.25) is 0 Å². The third-order valence-electron chi connectivity index (χ3n) is 12.7. The molecule has 0 aliphatic heterocycles. The second kappa shape index (κ2) is 50.2. The van der Waals surface area contributed by atoms with Crippen LogP contribution in [0.1, 0.15) is 271 Å². The fraction of sp³-hybridized carbons (Fsp3) is 0.879. The molecule has 0 bridgehead atoms. The maximum Gasteiger partial charge on any atom is 0.361 e. The molecule has 0 aromatic carbocycles. The van der Waals surface area contributed by atoms with Gasteiger partial charge in [-0.2, -0.15) is 0 Å². The molecule has 9 nitrogen and oxygen atoms in total. The minimum atomic E-state index is -1.51. The average molecular weight is 950 g/mol. The van der Waals surface area contributed by atoms with Crippen molar-refractivity contribution >= 4 is 17.9 Å². The number of allylic oxidation sites excluding steroid dienone is 4. The molecule has 0 aliphatic carbocycles. The number of likely N-dealkylation sites (N-methyl/N-ethyl adjacent to an activating group) is 1. The molecule has 0 radical (unpaired) electrons. The van der Waals surface area contributed by atoms with E-state index in [0.717, 1.165) is 51.4 Å². The number of hydrogen-bond acceptors (Lipinski definition) is 7. The van der Waals surface area contributed by atoms with Gasteiger partial charge in [0.05, 0.1) is 34.4 Å². The topological polar surface area (TPSA) is 108 Å². The zero-order chi connectivity index (χ0) is 49.2. The van der Waals surface area contributed by atoms with Gasteiger partial charge in [0, 0.05) is 12.8 Å². The zero-order valence-corrected chi connectivity index (χ0v) is 44.8. The van der Waals surface area contributed by atoms with Crippen molar-refractivity contribution < 1.29 is 42.9 Å². The summed E-state index contributed by atoms with van der Waals surface area (Å²) < 4.78 is 22.9. The first-order valence-electron chi connectivity index (χ1n) is 28.5. The molecule has 67 heavy (non-hydrogen) atoms. The van der Waals surface area contributed by atoms with Crippen LogP contribution in [-0.4, -0.2) is 87.4 Å². The van der Waals surface area contributed by atoms with Crippen LogP contribution in [0.5, 0.6) is 0 Å². The number of unbranched alkanes of at least 4 members (excludes halogenated alkanes) is 34. The molecule has 394 valence electrons. The molecule has 2 atom stereocenters. The summed E-state index contributed by atoms with van der Waals surface area (Å²) in [6.45, 7) is 4.89. The lowest BCUT2D eigenvalue weighted by atomic mass is 10.0. The van der Waals surface area contributed by atoms with Crippen LogP contribution in [0.25, 0.3) is 0 Å². The third kappa shape index (κ3) is 51.4. The average Bonchev–Trinajstić information content (AvgIpc) is 3.29. The normalized spacial score (nSPS) is 12.9. The predicted molar refractivity (Wildman–Crippen MR) is 281 cm³/mol.